The van der Waals surface area contributed by atoms with Gasteiger partial charge in [-0.2, -0.15) is 0 Å². The van der Waals surface area contributed by atoms with Crippen molar-refractivity contribution in [1.82, 2.24) is 10.2 Å². The maximum atomic E-state index is 12.3. The van der Waals surface area contributed by atoms with E-state index in [9.17, 15) is 9.59 Å². The fourth-order valence-corrected chi connectivity index (χ4v) is 3.50. The average molecular weight is 399 g/mol. The van der Waals surface area contributed by atoms with Gasteiger partial charge >= 0.3 is 6.09 Å². The fourth-order valence-electron chi connectivity index (χ4n) is 3.50. The second kappa shape index (κ2) is 9.27. The van der Waals surface area contributed by atoms with E-state index in [-0.39, 0.29) is 6.09 Å². The summed E-state index contributed by atoms with van der Waals surface area (Å²) in [5, 5.41) is 3.50. The summed E-state index contributed by atoms with van der Waals surface area (Å²) in [6, 6.07) is 11.6. The van der Waals surface area contributed by atoms with Crippen LogP contribution in [-0.2, 0) is 11.3 Å². The van der Waals surface area contributed by atoms with Crippen LogP contribution >= 0.6 is 0 Å². The van der Waals surface area contributed by atoms with Crippen LogP contribution in [0.4, 0.5) is 4.79 Å². The Balaban J connectivity index is 1.45. The first-order valence-corrected chi connectivity index (χ1v) is 10.2. The molecule has 1 amide bonds. The molecule has 156 valence electrons. The molecule has 0 radical (unpaired) electrons. The van der Waals surface area contributed by atoms with E-state index in [0.29, 0.717) is 23.7 Å². The largest absolute Gasteiger partial charge is 0.453 e. The van der Waals surface area contributed by atoms with Crippen LogP contribution < -0.4 is 5.32 Å². The van der Waals surface area contributed by atoms with Gasteiger partial charge in [-0.15, -0.1) is 0 Å². The molecule has 0 saturated carbocycles. The monoisotopic (exact) mass is 398 g/mol. The Kier molecular flexibility index (Phi) is 6.75. The predicted octanol–water partition coefficient (Wildman–Crippen LogP) is 4.50. The van der Waals surface area contributed by atoms with Crippen LogP contribution in [0.3, 0.4) is 0 Å². The first-order valence-electron chi connectivity index (χ1n) is 10.2. The highest BCUT2D eigenvalue weighted by atomic mass is 16.6. The summed E-state index contributed by atoms with van der Waals surface area (Å²) in [5.74, 6) is 1.45. The van der Waals surface area contributed by atoms with E-state index in [0.717, 1.165) is 44.6 Å². The molecule has 3 rings (SSSR count). The minimum Gasteiger partial charge on any atom is -0.453 e. The number of benzene rings is 1. The fraction of sp³-hybridized carbons (Fsp3) is 0.478. The maximum Gasteiger partial charge on any atom is 0.410 e. The zero-order valence-corrected chi connectivity index (χ0v) is 17.4. The first kappa shape index (κ1) is 21.1. The quantitative estimate of drug-likeness (QED) is 0.726. The summed E-state index contributed by atoms with van der Waals surface area (Å²) in [5.41, 5.74) is 1.66. The van der Waals surface area contributed by atoms with Crippen LogP contribution in [0.2, 0.25) is 0 Å². The zero-order valence-electron chi connectivity index (χ0n) is 17.4. The van der Waals surface area contributed by atoms with E-state index in [1.807, 2.05) is 37.8 Å². The molecule has 1 atom stereocenters. The Labute approximate surface area is 172 Å². The van der Waals surface area contributed by atoms with Crippen molar-refractivity contribution in [3.63, 3.8) is 0 Å². The molecule has 1 aromatic heterocycles. The number of ether oxygens (including phenoxy) is 1. The Morgan fingerprint density at radius 2 is 2.00 bits per heavy atom. The van der Waals surface area contributed by atoms with Crippen molar-refractivity contribution in [2.45, 2.75) is 45.8 Å². The van der Waals surface area contributed by atoms with Crippen molar-refractivity contribution in [3.05, 3.63) is 47.7 Å². The number of hydrogen-bond donors (Lipinski definition) is 1. The second-order valence-electron chi connectivity index (χ2n) is 8.58. The number of carbonyl (C=O) groups excluding carboxylic acids is 2. The van der Waals surface area contributed by atoms with E-state index < -0.39 is 5.60 Å². The molecule has 1 saturated heterocycles. The molecule has 0 aliphatic carbocycles. The number of carbonyl (C=O) groups is 2. The topological polar surface area (TPSA) is 71.8 Å². The van der Waals surface area contributed by atoms with E-state index in [1.165, 1.54) is 5.56 Å². The number of aldehydes is 1. The number of likely N-dealkylation sites (tertiary alicyclic amines) is 1. The summed E-state index contributed by atoms with van der Waals surface area (Å²) in [4.78, 5) is 24.8. The van der Waals surface area contributed by atoms with Gasteiger partial charge in [0.25, 0.3) is 0 Å². The molecular formula is C23H30N2O4. The number of nitrogens with one attached hydrogen (secondary N) is 1. The van der Waals surface area contributed by atoms with Gasteiger partial charge in [0.2, 0.25) is 0 Å². The van der Waals surface area contributed by atoms with Gasteiger partial charge in [-0.05, 0) is 63.8 Å². The highest BCUT2D eigenvalue weighted by Crippen LogP contribution is 2.22. The van der Waals surface area contributed by atoms with Crippen LogP contribution in [0.1, 0.15) is 49.7 Å². The molecule has 6 heteroatoms. The second-order valence-corrected chi connectivity index (χ2v) is 8.58. The summed E-state index contributed by atoms with van der Waals surface area (Å²) < 4.78 is 10.9. The Morgan fingerprint density at radius 3 is 2.66 bits per heavy atom. The van der Waals surface area contributed by atoms with Gasteiger partial charge in [-0.25, -0.2) is 4.79 Å². The number of furan rings is 1. The van der Waals surface area contributed by atoms with Gasteiger partial charge < -0.3 is 19.4 Å². The summed E-state index contributed by atoms with van der Waals surface area (Å²) in [6.45, 7) is 8.82. The molecule has 0 spiro atoms. The summed E-state index contributed by atoms with van der Waals surface area (Å²) in [7, 11) is 0. The smallest absolute Gasteiger partial charge is 0.410 e. The molecule has 0 bridgehead atoms. The van der Waals surface area contributed by atoms with E-state index >= 15 is 0 Å². The Hall–Kier alpha value is -2.60. The molecule has 6 nitrogen and oxygen atoms in total. The molecule has 1 aliphatic rings. The van der Waals surface area contributed by atoms with Crippen molar-refractivity contribution in [2.75, 3.05) is 19.6 Å². The number of rotatable bonds is 6. The van der Waals surface area contributed by atoms with Crippen molar-refractivity contribution < 1.29 is 18.7 Å². The van der Waals surface area contributed by atoms with Crippen molar-refractivity contribution in [3.8, 4) is 11.3 Å². The number of piperidine rings is 1. The van der Waals surface area contributed by atoms with Gasteiger partial charge in [-0.3, -0.25) is 4.79 Å². The lowest BCUT2D eigenvalue weighted by molar-refractivity contribution is 0.0166. The van der Waals surface area contributed by atoms with Gasteiger partial charge in [0.15, 0.2) is 12.0 Å². The summed E-state index contributed by atoms with van der Waals surface area (Å²) in [6.07, 6.45) is 2.61. The third-order valence-electron chi connectivity index (χ3n) is 4.91. The molecule has 1 fully saturated rings. The number of hydrogen-bond acceptors (Lipinski definition) is 5. The molecule has 1 aliphatic heterocycles. The normalized spacial score (nSPS) is 17.2. The minimum atomic E-state index is -0.459. The SMILES string of the molecule is CC(C)(C)OC(=O)N1CCCC(CNCc2ccc(-c3ccc(C=O)o3)cc2)C1. The Morgan fingerprint density at radius 1 is 1.24 bits per heavy atom. The number of amides is 1. The molecule has 1 unspecified atom stereocenters. The first-order chi connectivity index (χ1) is 13.8. The summed E-state index contributed by atoms with van der Waals surface area (Å²) >= 11 is 0. The molecule has 2 aromatic rings. The van der Waals surface area contributed by atoms with Crippen molar-refractivity contribution in [1.29, 1.82) is 0 Å². The molecule has 1 N–H and O–H groups in total. The third-order valence-corrected chi connectivity index (χ3v) is 4.91. The van der Waals surface area contributed by atoms with Crippen molar-refractivity contribution in [2.24, 2.45) is 5.92 Å². The Bertz CT molecular complexity index is 820. The minimum absolute atomic E-state index is 0.214. The van der Waals surface area contributed by atoms with Crippen molar-refractivity contribution >= 4 is 12.4 Å². The molecule has 2 heterocycles. The average Bonchev–Trinajstić information content (AvgIpc) is 3.17. The van der Waals surface area contributed by atoms with Gasteiger partial charge in [0, 0.05) is 25.2 Å². The van der Waals surface area contributed by atoms with Crippen LogP contribution in [0, 0.1) is 5.92 Å². The molecule has 1 aromatic carbocycles. The lowest BCUT2D eigenvalue weighted by Gasteiger charge is -2.34. The predicted molar refractivity (Wildman–Crippen MR) is 112 cm³/mol. The maximum absolute atomic E-state index is 12.3. The van der Waals surface area contributed by atoms with Crippen LogP contribution in [0.15, 0.2) is 40.8 Å². The number of nitrogens with zero attached hydrogens (tertiary/aromatic N) is 1. The van der Waals surface area contributed by atoms with E-state index in [1.54, 1.807) is 12.1 Å². The van der Waals surface area contributed by atoms with Crippen LogP contribution in [-0.4, -0.2) is 42.5 Å². The standard InChI is InChI=1S/C23H30N2O4/c1-23(2,3)29-22(27)25-12-4-5-18(15-25)14-24-13-17-6-8-19(9-7-17)21-11-10-20(16-26)28-21/h6-11,16,18,24H,4-5,12-15H2,1-3H3. The molecule has 29 heavy (non-hydrogen) atoms. The van der Waals surface area contributed by atoms with E-state index in [4.69, 9.17) is 9.15 Å². The van der Waals surface area contributed by atoms with Crippen LogP contribution in [0.25, 0.3) is 11.3 Å². The highest BCUT2D eigenvalue weighted by molar-refractivity contribution is 5.72. The highest BCUT2D eigenvalue weighted by Gasteiger charge is 2.27. The van der Waals surface area contributed by atoms with Gasteiger partial charge in [0.05, 0.1) is 0 Å². The molecular weight excluding hydrogens is 368 g/mol. The lowest BCUT2D eigenvalue weighted by Crippen LogP contribution is -2.44. The lowest BCUT2D eigenvalue weighted by atomic mass is 9.98. The van der Waals surface area contributed by atoms with Gasteiger partial charge in [0.1, 0.15) is 11.4 Å². The zero-order chi connectivity index (χ0) is 20.9. The van der Waals surface area contributed by atoms with Crippen LogP contribution in [0.5, 0.6) is 0 Å². The van der Waals surface area contributed by atoms with E-state index in [2.05, 4.69) is 17.4 Å². The third kappa shape index (κ3) is 6.19. The van der Waals surface area contributed by atoms with Gasteiger partial charge in [-0.1, -0.05) is 24.3 Å².